The number of carboxylic acid groups (broad SMARTS) is 1. The van der Waals surface area contributed by atoms with Gasteiger partial charge in [0.05, 0.1) is 12.0 Å². The number of benzene rings is 4. The van der Waals surface area contributed by atoms with E-state index in [0.29, 0.717) is 5.69 Å². The van der Waals surface area contributed by atoms with Crippen LogP contribution in [0.15, 0.2) is 134 Å². The summed E-state index contributed by atoms with van der Waals surface area (Å²) in [7, 11) is 0. The van der Waals surface area contributed by atoms with E-state index in [-0.39, 0.29) is 13.0 Å². The SMILES string of the molecule is O=C(N[C@@H](Cc1cn(C(c2ccccc2)(c2ccccc2)c2ccccc2)cn1)C(=O)O)OCc1ccccc1. The van der Waals surface area contributed by atoms with Crippen molar-refractivity contribution < 1.29 is 19.4 Å². The summed E-state index contributed by atoms with van der Waals surface area (Å²) < 4.78 is 7.25. The number of nitrogens with zero attached hydrogens (tertiary/aromatic N) is 2. The van der Waals surface area contributed by atoms with Crippen LogP contribution in [-0.4, -0.2) is 32.8 Å². The van der Waals surface area contributed by atoms with Crippen LogP contribution in [-0.2, 0) is 28.1 Å². The summed E-state index contributed by atoms with van der Waals surface area (Å²) in [6, 6.07) is 38.3. The van der Waals surface area contributed by atoms with Crippen LogP contribution in [0.2, 0.25) is 0 Å². The van der Waals surface area contributed by atoms with Gasteiger partial charge in [0, 0.05) is 12.6 Å². The number of aliphatic carboxylic acids is 1. The van der Waals surface area contributed by atoms with E-state index in [1.54, 1.807) is 6.33 Å². The van der Waals surface area contributed by atoms with Gasteiger partial charge in [-0.1, -0.05) is 121 Å². The highest BCUT2D eigenvalue weighted by Gasteiger charge is 2.38. The zero-order valence-electron chi connectivity index (χ0n) is 21.8. The summed E-state index contributed by atoms with van der Waals surface area (Å²) >= 11 is 0. The van der Waals surface area contributed by atoms with Gasteiger partial charge in [-0.15, -0.1) is 0 Å². The molecule has 0 bridgehead atoms. The van der Waals surface area contributed by atoms with Gasteiger partial charge in [-0.3, -0.25) is 0 Å². The van der Waals surface area contributed by atoms with Gasteiger partial charge in [0.2, 0.25) is 0 Å². The molecule has 1 atom stereocenters. The van der Waals surface area contributed by atoms with E-state index in [9.17, 15) is 14.7 Å². The van der Waals surface area contributed by atoms with Crippen molar-refractivity contribution in [3.63, 3.8) is 0 Å². The highest BCUT2D eigenvalue weighted by Crippen LogP contribution is 2.40. The lowest BCUT2D eigenvalue weighted by Gasteiger charge is -2.37. The first-order chi connectivity index (χ1) is 19.6. The Labute approximate surface area is 232 Å². The third-order valence-electron chi connectivity index (χ3n) is 6.81. The molecular weight excluding hydrogens is 502 g/mol. The maximum absolute atomic E-state index is 12.4. The molecule has 0 fully saturated rings. The molecule has 2 N–H and O–H groups in total. The number of imidazole rings is 1. The molecule has 0 saturated heterocycles. The normalized spacial score (nSPS) is 11.9. The Morgan fingerprint density at radius 2 is 1.25 bits per heavy atom. The molecule has 0 saturated carbocycles. The van der Waals surface area contributed by atoms with Crippen LogP contribution in [0, 0.1) is 0 Å². The first-order valence-corrected chi connectivity index (χ1v) is 13.0. The van der Waals surface area contributed by atoms with Gasteiger partial charge < -0.3 is 19.7 Å². The summed E-state index contributed by atoms with van der Waals surface area (Å²) in [6.45, 7) is 0.0430. The van der Waals surface area contributed by atoms with E-state index in [1.807, 2.05) is 95.7 Å². The molecule has 5 aromatic rings. The lowest BCUT2D eigenvalue weighted by atomic mass is 9.77. The predicted molar refractivity (Wildman–Crippen MR) is 152 cm³/mol. The van der Waals surface area contributed by atoms with E-state index >= 15 is 0 Å². The Bertz CT molecular complexity index is 1440. The molecule has 1 heterocycles. The lowest BCUT2D eigenvalue weighted by molar-refractivity contribution is -0.139. The number of hydrogen-bond donors (Lipinski definition) is 2. The van der Waals surface area contributed by atoms with Crippen LogP contribution in [0.3, 0.4) is 0 Å². The van der Waals surface area contributed by atoms with Crippen molar-refractivity contribution in [2.45, 2.75) is 24.6 Å². The van der Waals surface area contributed by atoms with Crippen LogP contribution in [0.25, 0.3) is 0 Å². The van der Waals surface area contributed by atoms with Crippen LogP contribution in [0.1, 0.15) is 27.9 Å². The summed E-state index contributed by atoms with van der Waals surface area (Å²) in [5.41, 5.74) is 3.62. The fourth-order valence-corrected chi connectivity index (χ4v) is 4.95. The van der Waals surface area contributed by atoms with Crippen molar-refractivity contribution in [3.8, 4) is 0 Å². The Morgan fingerprint density at radius 1 is 0.775 bits per heavy atom. The Kier molecular flexibility index (Phi) is 8.02. The van der Waals surface area contributed by atoms with Gasteiger partial charge in [-0.25, -0.2) is 14.6 Å². The molecule has 0 aliphatic rings. The molecule has 40 heavy (non-hydrogen) atoms. The van der Waals surface area contributed by atoms with Crippen LogP contribution in [0.4, 0.5) is 4.79 Å². The monoisotopic (exact) mass is 531 g/mol. The second-order valence-electron chi connectivity index (χ2n) is 9.38. The number of rotatable bonds is 10. The van der Waals surface area contributed by atoms with E-state index in [4.69, 9.17) is 4.74 Å². The molecule has 4 aromatic carbocycles. The Morgan fingerprint density at radius 3 is 1.73 bits per heavy atom. The molecule has 200 valence electrons. The molecule has 1 amide bonds. The molecule has 0 unspecified atom stereocenters. The lowest BCUT2D eigenvalue weighted by Crippen LogP contribution is -2.42. The summed E-state index contributed by atoms with van der Waals surface area (Å²) in [5.74, 6) is -1.17. The van der Waals surface area contributed by atoms with Crippen molar-refractivity contribution in [2.75, 3.05) is 0 Å². The average molecular weight is 532 g/mol. The van der Waals surface area contributed by atoms with Crippen molar-refractivity contribution in [3.05, 3.63) is 162 Å². The van der Waals surface area contributed by atoms with Crippen LogP contribution < -0.4 is 5.32 Å². The molecule has 1 aromatic heterocycles. The molecule has 0 spiro atoms. The number of alkyl carbamates (subject to hydrolysis) is 1. The average Bonchev–Trinajstić information content (AvgIpc) is 3.47. The molecule has 7 heteroatoms. The van der Waals surface area contributed by atoms with Crippen molar-refractivity contribution >= 4 is 12.1 Å². The van der Waals surface area contributed by atoms with Crippen molar-refractivity contribution in [1.82, 2.24) is 14.9 Å². The Balaban J connectivity index is 1.47. The summed E-state index contributed by atoms with van der Waals surface area (Å²) in [5, 5.41) is 12.3. The number of nitrogens with one attached hydrogen (secondary N) is 1. The minimum atomic E-state index is -1.22. The molecular formula is C33H29N3O4. The topological polar surface area (TPSA) is 93.5 Å². The first-order valence-electron chi connectivity index (χ1n) is 13.0. The van der Waals surface area contributed by atoms with Gasteiger partial charge in [0.15, 0.2) is 0 Å². The Hall–Kier alpha value is -5.17. The second-order valence-corrected chi connectivity index (χ2v) is 9.38. The maximum Gasteiger partial charge on any atom is 0.408 e. The van der Waals surface area contributed by atoms with Crippen LogP contribution >= 0.6 is 0 Å². The quantitative estimate of drug-likeness (QED) is 0.227. The fraction of sp³-hybridized carbons (Fsp3) is 0.121. The highest BCUT2D eigenvalue weighted by atomic mass is 16.5. The molecule has 0 aliphatic heterocycles. The van der Waals surface area contributed by atoms with Crippen molar-refractivity contribution in [1.29, 1.82) is 0 Å². The number of carbonyl (C=O) groups is 2. The van der Waals surface area contributed by atoms with Gasteiger partial charge in [0.25, 0.3) is 0 Å². The summed E-state index contributed by atoms with van der Waals surface area (Å²) in [4.78, 5) is 29.1. The fourth-order valence-electron chi connectivity index (χ4n) is 4.95. The zero-order chi connectivity index (χ0) is 27.8. The number of hydrogen-bond acceptors (Lipinski definition) is 4. The number of carboxylic acids is 1. The van der Waals surface area contributed by atoms with Gasteiger partial charge in [-0.2, -0.15) is 0 Å². The smallest absolute Gasteiger partial charge is 0.408 e. The number of aromatic nitrogens is 2. The predicted octanol–water partition coefficient (Wildman–Crippen LogP) is 5.65. The molecule has 7 nitrogen and oxygen atoms in total. The van der Waals surface area contributed by atoms with E-state index in [0.717, 1.165) is 22.3 Å². The molecule has 0 aliphatic carbocycles. The van der Waals surface area contributed by atoms with E-state index < -0.39 is 23.6 Å². The molecule has 5 rings (SSSR count). The van der Waals surface area contributed by atoms with Gasteiger partial charge >= 0.3 is 12.1 Å². The molecule has 0 radical (unpaired) electrons. The zero-order valence-corrected chi connectivity index (χ0v) is 21.8. The standard InChI is InChI=1S/C33H29N3O4/c37-31(38)30(35-32(39)40-23-25-13-5-1-6-14-25)21-29-22-36(24-34-29)33(26-15-7-2-8-16-26,27-17-9-3-10-18-27)28-19-11-4-12-20-28/h1-20,22,24,30H,21,23H2,(H,35,39)(H,37,38)/t30-/m0/s1. The largest absolute Gasteiger partial charge is 0.480 e. The number of amides is 1. The number of carbonyl (C=O) groups excluding carboxylic acids is 1. The van der Waals surface area contributed by atoms with E-state index in [2.05, 4.69) is 46.7 Å². The van der Waals surface area contributed by atoms with Gasteiger partial charge in [0.1, 0.15) is 18.2 Å². The second kappa shape index (κ2) is 12.1. The third-order valence-corrected chi connectivity index (χ3v) is 6.81. The minimum Gasteiger partial charge on any atom is -0.480 e. The summed E-state index contributed by atoms with van der Waals surface area (Å²) in [6.07, 6.45) is 2.74. The minimum absolute atomic E-state index is 0.0166. The first kappa shape index (κ1) is 26.4. The number of ether oxygens (including phenoxy) is 1. The van der Waals surface area contributed by atoms with E-state index in [1.165, 1.54) is 0 Å². The maximum atomic E-state index is 12.4. The van der Waals surface area contributed by atoms with Crippen molar-refractivity contribution in [2.24, 2.45) is 0 Å². The third kappa shape index (κ3) is 5.63. The van der Waals surface area contributed by atoms with Gasteiger partial charge in [-0.05, 0) is 22.3 Å². The van der Waals surface area contributed by atoms with Crippen LogP contribution in [0.5, 0.6) is 0 Å². The highest BCUT2D eigenvalue weighted by molar-refractivity contribution is 5.80.